The van der Waals surface area contributed by atoms with Crippen LogP contribution in [0.4, 0.5) is 0 Å². The van der Waals surface area contributed by atoms with Gasteiger partial charge in [-0.3, -0.25) is 14.4 Å². The minimum absolute atomic E-state index is 0.0831. The lowest BCUT2D eigenvalue weighted by Gasteiger charge is -2.32. The molecule has 0 aliphatic carbocycles. The number of carboxylic acids is 1. The molecule has 9 heteroatoms. The fraction of sp³-hybridized carbons (Fsp3) is 0.583. The Labute approximate surface area is 198 Å². The van der Waals surface area contributed by atoms with E-state index in [1.54, 1.807) is 42.6 Å². The molecule has 4 atom stereocenters. The van der Waals surface area contributed by atoms with Crippen molar-refractivity contribution in [1.29, 1.82) is 0 Å². The van der Waals surface area contributed by atoms with E-state index in [9.17, 15) is 24.3 Å². The van der Waals surface area contributed by atoms with Gasteiger partial charge in [0.25, 0.3) is 5.91 Å². The molecule has 1 fully saturated rings. The summed E-state index contributed by atoms with van der Waals surface area (Å²) in [7, 11) is 0. The molecule has 0 saturated carbocycles. The quantitative estimate of drug-likeness (QED) is 0.533. The smallest absolute Gasteiger partial charge is 0.326 e. The summed E-state index contributed by atoms with van der Waals surface area (Å²) in [6.07, 6.45) is 0.347. The van der Waals surface area contributed by atoms with E-state index in [0.29, 0.717) is 12.0 Å². The van der Waals surface area contributed by atoms with Gasteiger partial charge in [0, 0.05) is 10.3 Å². The Hall–Kier alpha value is -2.55. The van der Waals surface area contributed by atoms with Crippen LogP contribution < -0.4 is 10.6 Å². The van der Waals surface area contributed by atoms with E-state index < -0.39 is 40.7 Å². The summed E-state index contributed by atoms with van der Waals surface area (Å²) in [5.74, 6) is -2.48. The third kappa shape index (κ3) is 4.88. The third-order valence-corrected chi connectivity index (χ3v) is 7.65. The average Bonchev–Trinajstić information content (AvgIpc) is 3.14. The Morgan fingerprint density at radius 2 is 1.76 bits per heavy atom. The molecule has 0 radical (unpaired) electrons. The normalized spacial score (nSPS) is 22.7. The molecular formula is C24H33N3O5S. The Morgan fingerprint density at radius 3 is 2.33 bits per heavy atom. The van der Waals surface area contributed by atoms with Crippen molar-refractivity contribution >= 4 is 35.5 Å². The van der Waals surface area contributed by atoms with Gasteiger partial charge in [-0.25, -0.2) is 4.79 Å². The van der Waals surface area contributed by atoms with Gasteiger partial charge in [0.05, 0.1) is 0 Å². The fourth-order valence-electron chi connectivity index (χ4n) is 4.53. The number of nitrogens with one attached hydrogen (secondary N) is 2. The number of benzene rings is 1. The number of carbonyl (C=O) groups excluding carboxylic acids is 3. The van der Waals surface area contributed by atoms with E-state index in [1.807, 2.05) is 39.8 Å². The Balaban J connectivity index is 1.84. The lowest BCUT2D eigenvalue weighted by molar-refractivity contribution is -0.143. The van der Waals surface area contributed by atoms with E-state index in [4.69, 9.17) is 0 Å². The summed E-state index contributed by atoms with van der Waals surface area (Å²) < 4.78 is -0.571. The molecule has 180 valence electrons. The maximum Gasteiger partial charge on any atom is 0.326 e. The first-order valence-electron chi connectivity index (χ1n) is 11.3. The van der Waals surface area contributed by atoms with Crippen LogP contribution in [0.5, 0.6) is 0 Å². The predicted molar refractivity (Wildman–Crippen MR) is 127 cm³/mol. The molecule has 1 aromatic carbocycles. The Kier molecular flexibility index (Phi) is 7.12. The molecule has 33 heavy (non-hydrogen) atoms. The number of carbonyl (C=O) groups is 4. The van der Waals surface area contributed by atoms with E-state index in [-0.39, 0.29) is 23.1 Å². The number of amides is 3. The highest BCUT2D eigenvalue weighted by molar-refractivity contribution is 8.01. The van der Waals surface area contributed by atoms with Gasteiger partial charge in [-0.2, -0.15) is 0 Å². The van der Waals surface area contributed by atoms with Gasteiger partial charge in [0.2, 0.25) is 11.8 Å². The van der Waals surface area contributed by atoms with Gasteiger partial charge in [0.1, 0.15) is 23.5 Å². The van der Waals surface area contributed by atoms with Gasteiger partial charge in [-0.15, -0.1) is 11.8 Å². The van der Waals surface area contributed by atoms with Gasteiger partial charge >= 0.3 is 5.97 Å². The summed E-state index contributed by atoms with van der Waals surface area (Å²) in [5, 5.41) is 14.6. The van der Waals surface area contributed by atoms with Crippen LogP contribution in [0.1, 0.15) is 69.3 Å². The molecule has 1 saturated heterocycles. The van der Waals surface area contributed by atoms with Crippen molar-refractivity contribution in [3.8, 4) is 0 Å². The van der Waals surface area contributed by atoms with Crippen molar-refractivity contribution in [3.63, 3.8) is 0 Å². The zero-order valence-electron chi connectivity index (χ0n) is 19.9. The summed E-state index contributed by atoms with van der Waals surface area (Å²) in [6, 6.07) is 4.64. The van der Waals surface area contributed by atoms with Crippen molar-refractivity contribution in [3.05, 3.63) is 35.4 Å². The monoisotopic (exact) mass is 475 g/mol. The number of fused-ring (bicyclic) bond motifs is 3. The van der Waals surface area contributed by atoms with Crippen LogP contribution in [-0.4, -0.2) is 56.6 Å². The van der Waals surface area contributed by atoms with Crippen molar-refractivity contribution in [1.82, 2.24) is 15.5 Å². The maximum atomic E-state index is 13.5. The predicted octanol–water partition coefficient (Wildman–Crippen LogP) is 2.79. The lowest BCUT2D eigenvalue weighted by atomic mass is 9.97. The summed E-state index contributed by atoms with van der Waals surface area (Å²) >= 11 is 1.56. The minimum atomic E-state index is -1.12. The van der Waals surface area contributed by atoms with Crippen LogP contribution in [0, 0.1) is 11.8 Å². The van der Waals surface area contributed by atoms with Gasteiger partial charge in [0.15, 0.2) is 0 Å². The molecule has 0 aromatic heterocycles. The van der Waals surface area contributed by atoms with Crippen LogP contribution in [0.3, 0.4) is 0 Å². The van der Waals surface area contributed by atoms with Crippen LogP contribution in [-0.2, 0) is 14.4 Å². The average molecular weight is 476 g/mol. The van der Waals surface area contributed by atoms with E-state index in [2.05, 4.69) is 10.6 Å². The molecule has 0 bridgehead atoms. The molecule has 3 rings (SSSR count). The number of carboxylic acid groups (broad SMARTS) is 1. The zero-order chi connectivity index (χ0) is 24.7. The molecule has 8 nitrogen and oxygen atoms in total. The molecule has 1 aromatic rings. The number of hydrogen-bond donors (Lipinski definition) is 3. The second-order valence-corrected chi connectivity index (χ2v) is 11.8. The van der Waals surface area contributed by atoms with Crippen molar-refractivity contribution < 1.29 is 24.3 Å². The van der Waals surface area contributed by atoms with Crippen molar-refractivity contribution in [2.45, 2.75) is 76.2 Å². The van der Waals surface area contributed by atoms with Crippen molar-refractivity contribution in [2.24, 2.45) is 11.8 Å². The first kappa shape index (κ1) is 25.1. The number of nitrogens with zero attached hydrogens (tertiary/aromatic N) is 1. The first-order valence-corrected chi connectivity index (χ1v) is 12.2. The number of aliphatic carboxylic acids is 1. The van der Waals surface area contributed by atoms with Crippen molar-refractivity contribution in [2.75, 3.05) is 0 Å². The van der Waals surface area contributed by atoms with Crippen LogP contribution >= 0.6 is 11.8 Å². The van der Waals surface area contributed by atoms with E-state index >= 15 is 0 Å². The highest BCUT2D eigenvalue weighted by Crippen LogP contribution is 2.56. The molecule has 2 aliphatic heterocycles. The van der Waals surface area contributed by atoms with Gasteiger partial charge < -0.3 is 20.6 Å². The van der Waals surface area contributed by atoms with Gasteiger partial charge in [-0.05, 0) is 43.7 Å². The van der Waals surface area contributed by atoms with Crippen LogP contribution in [0.25, 0.3) is 0 Å². The summed E-state index contributed by atoms with van der Waals surface area (Å²) in [6.45, 7) is 11.1. The largest absolute Gasteiger partial charge is 0.480 e. The molecule has 4 unspecified atom stereocenters. The highest BCUT2D eigenvalue weighted by atomic mass is 32.2. The molecule has 3 N–H and O–H groups in total. The Morgan fingerprint density at radius 1 is 1.12 bits per heavy atom. The minimum Gasteiger partial charge on any atom is -0.480 e. The fourth-order valence-corrected chi connectivity index (χ4v) is 6.11. The molecule has 2 heterocycles. The highest BCUT2D eigenvalue weighted by Gasteiger charge is 2.57. The van der Waals surface area contributed by atoms with Crippen LogP contribution in [0.15, 0.2) is 24.3 Å². The first-order chi connectivity index (χ1) is 15.3. The number of thioether (sulfide) groups is 1. The summed E-state index contributed by atoms with van der Waals surface area (Å²) in [4.78, 5) is 52.9. The number of rotatable bonds is 8. The van der Waals surface area contributed by atoms with E-state index in [0.717, 1.165) is 5.56 Å². The number of hydrogen-bond acceptors (Lipinski definition) is 5. The maximum absolute atomic E-state index is 13.5. The second-order valence-electron chi connectivity index (χ2n) is 10.0. The van der Waals surface area contributed by atoms with Gasteiger partial charge in [-0.1, -0.05) is 45.9 Å². The lowest BCUT2D eigenvalue weighted by Crippen LogP contribution is -2.58. The molecule has 0 spiro atoms. The third-order valence-electron chi connectivity index (χ3n) is 6.12. The van der Waals surface area contributed by atoms with Crippen LogP contribution in [0.2, 0.25) is 0 Å². The van der Waals surface area contributed by atoms with E-state index in [1.165, 1.54) is 0 Å². The second kappa shape index (κ2) is 9.37. The molecular weight excluding hydrogens is 442 g/mol. The zero-order valence-corrected chi connectivity index (χ0v) is 20.7. The molecule has 2 aliphatic rings. The standard InChI is InChI=1S/C24H33N3O5S/c1-12(2)11-16(19(28)26-17(13(3)4)23(31)32)25-20(29)18-24(5,6)33-22-15-10-8-7-9-14(15)21(30)27(18)22/h7-10,12-13,16-18,22H,11H2,1-6H3,(H,25,29)(H,26,28)(H,31,32). The topological polar surface area (TPSA) is 116 Å². The Bertz CT molecular complexity index is 961. The summed E-state index contributed by atoms with van der Waals surface area (Å²) in [5.41, 5.74) is 1.49. The molecule has 3 amide bonds. The SMILES string of the molecule is CC(C)CC(NC(=O)C1N2C(=O)c3ccccc3C2SC1(C)C)C(=O)NC(C(=O)O)C(C)C.